The molecule has 0 spiro atoms. The Labute approximate surface area is 127 Å². The molecule has 2 atom stereocenters. The van der Waals surface area contributed by atoms with Gasteiger partial charge in [-0.2, -0.15) is 13.2 Å². The van der Waals surface area contributed by atoms with E-state index in [1.165, 1.54) is 6.07 Å². The predicted octanol–water partition coefficient (Wildman–Crippen LogP) is 4.21. The van der Waals surface area contributed by atoms with Gasteiger partial charge in [0.1, 0.15) is 0 Å². The molecule has 116 valence electrons. The summed E-state index contributed by atoms with van der Waals surface area (Å²) in [5, 5.41) is 0.132. The molecule has 6 heteroatoms. The van der Waals surface area contributed by atoms with Crippen LogP contribution >= 0.6 is 11.6 Å². The maximum absolute atomic E-state index is 13.0. The van der Waals surface area contributed by atoms with Crippen molar-refractivity contribution >= 4 is 17.3 Å². The number of rotatable bonds is 1. The van der Waals surface area contributed by atoms with Crippen LogP contribution in [-0.4, -0.2) is 18.1 Å². The number of halogens is 4. The van der Waals surface area contributed by atoms with Gasteiger partial charge in [0, 0.05) is 28.8 Å². The van der Waals surface area contributed by atoms with Crippen LogP contribution in [0.3, 0.4) is 0 Å². The fourth-order valence-electron chi connectivity index (χ4n) is 3.73. The second kappa shape index (κ2) is 5.36. The summed E-state index contributed by atoms with van der Waals surface area (Å²) in [6, 6.07) is 4.45. The first-order valence-corrected chi connectivity index (χ1v) is 7.64. The first kappa shape index (κ1) is 15.0. The Morgan fingerprint density at radius 1 is 1.10 bits per heavy atom. The van der Waals surface area contributed by atoms with Crippen LogP contribution in [-0.2, 0) is 6.18 Å². The number of alkyl halides is 3. The molecule has 0 aliphatic carbocycles. The van der Waals surface area contributed by atoms with Gasteiger partial charge in [-0.15, -0.1) is 0 Å². The second-order valence-corrected chi connectivity index (χ2v) is 6.51. The van der Waals surface area contributed by atoms with E-state index in [0.717, 1.165) is 38.2 Å². The zero-order valence-electron chi connectivity index (χ0n) is 11.5. The SMILES string of the molecule is NC1CC2CCCC(C1)N2c1cc(Cl)cc(C(F)(F)F)c1. The van der Waals surface area contributed by atoms with Crippen LogP contribution in [0.15, 0.2) is 18.2 Å². The Hall–Kier alpha value is -0.940. The predicted molar refractivity (Wildman–Crippen MR) is 77.6 cm³/mol. The topological polar surface area (TPSA) is 29.3 Å². The number of anilines is 1. The Morgan fingerprint density at radius 2 is 1.71 bits per heavy atom. The molecule has 2 heterocycles. The molecule has 2 nitrogen and oxygen atoms in total. The molecule has 1 aromatic carbocycles. The lowest BCUT2D eigenvalue weighted by molar-refractivity contribution is -0.137. The molecule has 2 aliphatic heterocycles. The summed E-state index contributed by atoms with van der Waals surface area (Å²) in [5.41, 5.74) is 5.96. The highest BCUT2D eigenvalue weighted by atomic mass is 35.5. The number of nitrogens with zero attached hydrogens (tertiary/aromatic N) is 1. The third-order valence-corrected chi connectivity index (χ3v) is 4.74. The van der Waals surface area contributed by atoms with E-state index in [4.69, 9.17) is 17.3 Å². The Bertz CT molecular complexity index is 518. The van der Waals surface area contributed by atoms with E-state index in [1.807, 2.05) is 0 Å². The van der Waals surface area contributed by atoms with E-state index in [2.05, 4.69) is 4.90 Å². The highest BCUT2D eigenvalue weighted by molar-refractivity contribution is 6.31. The summed E-state index contributed by atoms with van der Waals surface area (Å²) in [6.07, 6.45) is 0.386. The first-order valence-electron chi connectivity index (χ1n) is 7.26. The van der Waals surface area contributed by atoms with Crippen LogP contribution in [0.25, 0.3) is 0 Å². The van der Waals surface area contributed by atoms with Crippen molar-refractivity contribution in [2.75, 3.05) is 4.90 Å². The number of piperidine rings is 2. The molecule has 2 bridgehead atoms. The van der Waals surface area contributed by atoms with E-state index >= 15 is 0 Å². The lowest BCUT2D eigenvalue weighted by Crippen LogP contribution is -2.55. The summed E-state index contributed by atoms with van der Waals surface area (Å²) < 4.78 is 38.9. The number of nitrogens with two attached hydrogens (primary N) is 1. The Kier molecular flexibility index (Phi) is 3.82. The molecule has 0 aromatic heterocycles. The quantitative estimate of drug-likeness (QED) is 0.840. The maximum atomic E-state index is 13.0. The van der Waals surface area contributed by atoms with Gasteiger partial charge in [0.05, 0.1) is 5.56 Å². The minimum Gasteiger partial charge on any atom is -0.365 e. The fraction of sp³-hybridized carbons (Fsp3) is 0.600. The van der Waals surface area contributed by atoms with Crippen LogP contribution in [0, 0.1) is 0 Å². The maximum Gasteiger partial charge on any atom is 0.416 e. The molecule has 2 aliphatic rings. The molecule has 3 rings (SSSR count). The van der Waals surface area contributed by atoms with E-state index in [9.17, 15) is 13.2 Å². The monoisotopic (exact) mass is 318 g/mol. The van der Waals surface area contributed by atoms with Crippen LogP contribution in [0.5, 0.6) is 0 Å². The van der Waals surface area contributed by atoms with Crippen molar-refractivity contribution in [2.24, 2.45) is 5.73 Å². The van der Waals surface area contributed by atoms with Gasteiger partial charge in [0.15, 0.2) is 0 Å². The third-order valence-electron chi connectivity index (χ3n) is 4.52. The number of hydrogen-bond donors (Lipinski definition) is 1. The average molecular weight is 319 g/mol. The smallest absolute Gasteiger partial charge is 0.365 e. The summed E-state index contributed by atoms with van der Waals surface area (Å²) in [4.78, 5) is 2.12. The van der Waals surface area contributed by atoms with Crippen molar-refractivity contribution in [2.45, 2.75) is 56.4 Å². The number of fused-ring (bicyclic) bond motifs is 2. The third kappa shape index (κ3) is 2.99. The molecule has 2 N–H and O–H groups in total. The van der Waals surface area contributed by atoms with Crippen molar-refractivity contribution in [3.63, 3.8) is 0 Å². The van der Waals surface area contributed by atoms with Crippen molar-refractivity contribution in [1.82, 2.24) is 0 Å². The van der Waals surface area contributed by atoms with Gasteiger partial charge in [-0.3, -0.25) is 0 Å². The zero-order valence-corrected chi connectivity index (χ0v) is 12.3. The van der Waals surface area contributed by atoms with Crippen molar-refractivity contribution in [3.8, 4) is 0 Å². The van der Waals surface area contributed by atoms with Gasteiger partial charge >= 0.3 is 6.18 Å². The molecule has 2 unspecified atom stereocenters. The Balaban J connectivity index is 1.98. The Morgan fingerprint density at radius 3 is 2.29 bits per heavy atom. The fourth-order valence-corrected chi connectivity index (χ4v) is 3.96. The van der Waals surface area contributed by atoms with Crippen LogP contribution in [0.4, 0.5) is 18.9 Å². The minimum atomic E-state index is -4.37. The van der Waals surface area contributed by atoms with E-state index in [-0.39, 0.29) is 23.1 Å². The van der Waals surface area contributed by atoms with Gasteiger partial charge < -0.3 is 10.6 Å². The van der Waals surface area contributed by atoms with Gasteiger partial charge in [-0.25, -0.2) is 0 Å². The normalized spacial score (nSPS) is 29.6. The molecule has 2 fully saturated rings. The number of hydrogen-bond acceptors (Lipinski definition) is 2. The number of benzene rings is 1. The van der Waals surface area contributed by atoms with Gasteiger partial charge in [-0.1, -0.05) is 11.6 Å². The van der Waals surface area contributed by atoms with Crippen molar-refractivity contribution in [3.05, 3.63) is 28.8 Å². The second-order valence-electron chi connectivity index (χ2n) is 6.07. The van der Waals surface area contributed by atoms with Crippen molar-refractivity contribution < 1.29 is 13.2 Å². The summed E-state index contributed by atoms with van der Waals surface area (Å²) >= 11 is 5.91. The summed E-state index contributed by atoms with van der Waals surface area (Å²) in [7, 11) is 0. The summed E-state index contributed by atoms with van der Waals surface area (Å²) in [6.45, 7) is 0. The molecule has 21 heavy (non-hydrogen) atoms. The largest absolute Gasteiger partial charge is 0.416 e. The molecule has 0 radical (unpaired) electrons. The lowest BCUT2D eigenvalue weighted by atomic mass is 9.81. The highest BCUT2D eigenvalue weighted by Gasteiger charge is 2.38. The lowest BCUT2D eigenvalue weighted by Gasteiger charge is -2.49. The van der Waals surface area contributed by atoms with Crippen LogP contribution < -0.4 is 10.6 Å². The average Bonchev–Trinajstić information content (AvgIpc) is 2.35. The highest BCUT2D eigenvalue weighted by Crippen LogP contribution is 2.40. The van der Waals surface area contributed by atoms with E-state index in [0.29, 0.717) is 5.69 Å². The van der Waals surface area contributed by atoms with E-state index in [1.54, 1.807) is 6.07 Å². The van der Waals surface area contributed by atoms with Gasteiger partial charge in [-0.05, 0) is 50.3 Å². The molecular weight excluding hydrogens is 301 g/mol. The van der Waals surface area contributed by atoms with Gasteiger partial charge in [0.2, 0.25) is 0 Å². The standard InChI is InChI=1S/C15H18ClF3N2/c16-10-4-9(15(17,18)19)5-14(6-10)21-12-2-1-3-13(21)8-11(20)7-12/h4-6,11-13H,1-3,7-8,20H2. The van der Waals surface area contributed by atoms with E-state index < -0.39 is 11.7 Å². The minimum absolute atomic E-state index is 0.132. The van der Waals surface area contributed by atoms with Crippen LogP contribution in [0.1, 0.15) is 37.7 Å². The molecular formula is C15H18ClF3N2. The van der Waals surface area contributed by atoms with Gasteiger partial charge in [0.25, 0.3) is 0 Å². The van der Waals surface area contributed by atoms with Crippen LogP contribution in [0.2, 0.25) is 5.02 Å². The molecule has 0 amide bonds. The first-order chi connectivity index (χ1) is 9.84. The molecule has 1 aromatic rings. The zero-order chi connectivity index (χ0) is 15.2. The van der Waals surface area contributed by atoms with Crippen molar-refractivity contribution in [1.29, 1.82) is 0 Å². The summed E-state index contributed by atoms with van der Waals surface area (Å²) in [5.74, 6) is 0. The molecule has 2 saturated heterocycles. The molecule has 0 saturated carbocycles.